The molecule has 2 N–H and O–H groups in total. The quantitative estimate of drug-likeness (QED) is 0.447. The minimum Gasteiger partial charge on any atom is -0.512 e. The third kappa shape index (κ3) is 7.86. The van der Waals surface area contributed by atoms with Gasteiger partial charge >= 0.3 is 7.32 Å². The molecule has 0 aliphatic rings. The maximum absolute atomic E-state index is 8.95. The van der Waals surface area contributed by atoms with E-state index in [1.54, 1.807) is 0 Å². The number of hydrogen-bond donors (Lipinski definition) is 2. The molecular weight excluding hydrogens is 275 g/mol. The Hall–Kier alpha value is -0.995. The first-order valence-corrected chi connectivity index (χ1v) is 8.82. The lowest BCUT2D eigenvalue weighted by molar-refractivity contribution is 0.288. The predicted molar refractivity (Wildman–Crippen MR) is 93.0 cm³/mol. The summed E-state index contributed by atoms with van der Waals surface area (Å²) in [6, 6.07) is 5.89. The average molecular weight is 306 g/mol. The minimum atomic E-state index is -1.75. The van der Waals surface area contributed by atoms with Crippen molar-refractivity contribution in [1.29, 1.82) is 0 Å². The van der Waals surface area contributed by atoms with Crippen molar-refractivity contribution >= 4 is 7.32 Å². The third-order valence-electron chi connectivity index (χ3n) is 4.02. The van der Waals surface area contributed by atoms with E-state index in [1.807, 2.05) is 12.1 Å². The van der Waals surface area contributed by atoms with Crippen LogP contribution in [0.3, 0.4) is 0 Å². The summed E-state index contributed by atoms with van der Waals surface area (Å²) in [6.45, 7) is 4.45. The fourth-order valence-electron chi connectivity index (χ4n) is 2.76. The molecule has 0 spiro atoms. The molecule has 1 aromatic rings. The topological polar surface area (TPSA) is 49.7 Å². The Morgan fingerprint density at radius 2 is 1.41 bits per heavy atom. The van der Waals surface area contributed by atoms with E-state index in [1.165, 1.54) is 62.5 Å². The second-order valence-electron chi connectivity index (χ2n) is 6.00. The summed E-state index contributed by atoms with van der Waals surface area (Å²) in [5.74, 6) is 0.540. The smallest absolute Gasteiger partial charge is 0.512 e. The highest BCUT2D eigenvalue weighted by molar-refractivity contribution is 6.33. The second kappa shape index (κ2) is 11.6. The molecule has 0 radical (unpaired) electrons. The van der Waals surface area contributed by atoms with Gasteiger partial charge in [-0.05, 0) is 48.9 Å². The van der Waals surface area contributed by atoms with Crippen LogP contribution in [0.2, 0.25) is 0 Å². The molecule has 0 amide bonds. The zero-order valence-electron chi connectivity index (χ0n) is 14.2. The van der Waals surface area contributed by atoms with Gasteiger partial charge in [0.1, 0.15) is 5.75 Å². The first kappa shape index (κ1) is 19.1. The molecule has 4 heteroatoms. The molecule has 0 fully saturated rings. The van der Waals surface area contributed by atoms with Gasteiger partial charge in [-0.25, -0.2) is 0 Å². The van der Waals surface area contributed by atoms with Crippen LogP contribution in [0.5, 0.6) is 5.75 Å². The van der Waals surface area contributed by atoms with E-state index in [0.29, 0.717) is 5.75 Å². The van der Waals surface area contributed by atoms with E-state index in [-0.39, 0.29) is 0 Å². The molecule has 0 saturated heterocycles. The molecule has 22 heavy (non-hydrogen) atoms. The van der Waals surface area contributed by atoms with Crippen LogP contribution in [0.4, 0.5) is 0 Å². The van der Waals surface area contributed by atoms with E-state index in [4.69, 9.17) is 14.7 Å². The molecular formula is C18H31BO3. The van der Waals surface area contributed by atoms with Crippen molar-refractivity contribution in [3.05, 3.63) is 29.3 Å². The molecule has 0 saturated carbocycles. The van der Waals surface area contributed by atoms with Gasteiger partial charge in [0.2, 0.25) is 0 Å². The standard InChI is InChI=1S/C18H31BO3/c1-3-5-7-9-11-16-13-14-18(22-19(20)21)15-17(16)12-10-8-6-4-2/h13-15,20-21H,3-12H2,1-2H3. The maximum atomic E-state index is 8.95. The van der Waals surface area contributed by atoms with Crippen LogP contribution >= 0.6 is 0 Å². The largest absolute Gasteiger partial charge is 0.707 e. The van der Waals surface area contributed by atoms with Crippen LogP contribution in [0, 0.1) is 0 Å². The van der Waals surface area contributed by atoms with Gasteiger partial charge in [-0.2, -0.15) is 0 Å². The fraction of sp³-hybridized carbons (Fsp3) is 0.667. The molecule has 3 nitrogen and oxygen atoms in total. The van der Waals surface area contributed by atoms with E-state index >= 15 is 0 Å². The van der Waals surface area contributed by atoms with Crippen LogP contribution in [0.25, 0.3) is 0 Å². The molecule has 124 valence electrons. The molecule has 1 aromatic carbocycles. The van der Waals surface area contributed by atoms with Crippen molar-refractivity contribution in [2.45, 2.75) is 78.1 Å². The van der Waals surface area contributed by atoms with Crippen molar-refractivity contribution in [2.24, 2.45) is 0 Å². The summed E-state index contributed by atoms with van der Waals surface area (Å²) in [4.78, 5) is 0. The summed E-state index contributed by atoms with van der Waals surface area (Å²) in [7, 11) is -1.75. The number of unbranched alkanes of at least 4 members (excludes halogenated alkanes) is 6. The Balaban J connectivity index is 2.65. The van der Waals surface area contributed by atoms with Crippen molar-refractivity contribution in [3.63, 3.8) is 0 Å². The lowest BCUT2D eigenvalue weighted by Crippen LogP contribution is -2.20. The lowest BCUT2D eigenvalue weighted by Gasteiger charge is -2.13. The number of rotatable bonds is 12. The van der Waals surface area contributed by atoms with Gasteiger partial charge in [0, 0.05) is 0 Å². The van der Waals surface area contributed by atoms with Gasteiger partial charge in [0.25, 0.3) is 0 Å². The van der Waals surface area contributed by atoms with Crippen molar-refractivity contribution in [2.75, 3.05) is 0 Å². The Bertz CT molecular complexity index is 407. The van der Waals surface area contributed by atoms with Crippen LogP contribution in [-0.2, 0) is 12.8 Å². The Morgan fingerprint density at radius 1 is 0.818 bits per heavy atom. The van der Waals surface area contributed by atoms with Crippen molar-refractivity contribution in [1.82, 2.24) is 0 Å². The summed E-state index contributed by atoms with van der Waals surface area (Å²) >= 11 is 0. The van der Waals surface area contributed by atoms with Gasteiger partial charge < -0.3 is 14.7 Å². The van der Waals surface area contributed by atoms with Crippen LogP contribution in [-0.4, -0.2) is 17.4 Å². The normalized spacial score (nSPS) is 10.7. The molecule has 0 heterocycles. The predicted octanol–water partition coefficient (Wildman–Crippen LogP) is 4.28. The highest BCUT2D eigenvalue weighted by Gasteiger charge is 2.12. The Kier molecular flexibility index (Phi) is 10.0. The Morgan fingerprint density at radius 3 is 1.95 bits per heavy atom. The van der Waals surface area contributed by atoms with Gasteiger partial charge in [-0.15, -0.1) is 0 Å². The molecule has 1 rings (SSSR count). The number of aryl methyl sites for hydroxylation is 2. The highest BCUT2D eigenvalue weighted by Crippen LogP contribution is 2.22. The summed E-state index contributed by atoms with van der Waals surface area (Å²) in [6.07, 6.45) is 12.1. The molecule has 0 aromatic heterocycles. The molecule has 0 atom stereocenters. The summed E-state index contributed by atoms with van der Waals surface area (Å²) in [5, 5.41) is 17.9. The summed E-state index contributed by atoms with van der Waals surface area (Å²) < 4.78 is 4.99. The highest BCUT2D eigenvalue weighted by atomic mass is 16.6. The molecule has 0 aliphatic heterocycles. The molecule has 0 bridgehead atoms. The first-order chi connectivity index (χ1) is 10.7. The molecule has 0 unspecified atom stereocenters. The van der Waals surface area contributed by atoms with Crippen LogP contribution in [0.1, 0.15) is 76.3 Å². The molecule has 0 aliphatic carbocycles. The van der Waals surface area contributed by atoms with Crippen LogP contribution < -0.4 is 4.65 Å². The SMILES string of the molecule is CCCCCCc1ccc(OB(O)O)cc1CCCCCC. The van der Waals surface area contributed by atoms with Gasteiger partial charge in [-0.3, -0.25) is 0 Å². The second-order valence-corrected chi connectivity index (χ2v) is 6.00. The zero-order valence-corrected chi connectivity index (χ0v) is 14.2. The van der Waals surface area contributed by atoms with E-state index in [2.05, 4.69) is 19.9 Å². The maximum Gasteiger partial charge on any atom is 0.707 e. The number of hydrogen-bond acceptors (Lipinski definition) is 3. The first-order valence-electron chi connectivity index (χ1n) is 8.82. The lowest BCUT2D eigenvalue weighted by atomic mass is 9.96. The van der Waals surface area contributed by atoms with Gasteiger partial charge in [0.15, 0.2) is 0 Å². The fourth-order valence-corrected chi connectivity index (χ4v) is 2.76. The monoisotopic (exact) mass is 306 g/mol. The number of benzene rings is 1. The van der Waals surface area contributed by atoms with E-state index in [0.717, 1.165) is 12.8 Å². The van der Waals surface area contributed by atoms with Crippen LogP contribution in [0.15, 0.2) is 18.2 Å². The third-order valence-corrected chi connectivity index (χ3v) is 4.02. The minimum absolute atomic E-state index is 0.540. The van der Waals surface area contributed by atoms with Gasteiger partial charge in [-0.1, -0.05) is 58.4 Å². The van der Waals surface area contributed by atoms with Gasteiger partial charge in [0.05, 0.1) is 0 Å². The van der Waals surface area contributed by atoms with Crippen molar-refractivity contribution < 1.29 is 14.7 Å². The Labute approximate surface area is 135 Å². The van der Waals surface area contributed by atoms with E-state index < -0.39 is 7.32 Å². The van der Waals surface area contributed by atoms with Crippen molar-refractivity contribution in [3.8, 4) is 5.75 Å². The van der Waals surface area contributed by atoms with E-state index in [9.17, 15) is 0 Å². The summed E-state index contributed by atoms with van der Waals surface area (Å²) in [5.41, 5.74) is 2.68. The average Bonchev–Trinajstić information content (AvgIpc) is 2.49. The zero-order chi connectivity index (χ0) is 16.2.